The van der Waals surface area contributed by atoms with Gasteiger partial charge in [-0.3, -0.25) is 0 Å². The van der Waals surface area contributed by atoms with E-state index in [1.54, 1.807) is 7.11 Å². The van der Waals surface area contributed by atoms with Gasteiger partial charge in [-0.15, -0.1) is 0 Å². The molecule has 1 aromatic heterocycles. The summed E-state index contributed by atoms with van der Waals surface area (Å²) in [7, 11) is 1.66. The van der Waals surface area contributed by atoms with Crippen molar-refractivity contribution in [1.29, 1.82) is 0 Å². The molecule has 1 N–H and O–H groups in total. The first-order valence-corrected chi connectivity index (χ1v) is 8.45. The van der Waals surface area contributed by atoms with Gasteiger partial charge in [0, 0.05) is 11.1 Å². The molecule has 0 saturated heterocycles. The van der Waals surface area contributed by atoms with Gasteiger partial charge in [0.15, 0.2) is 0 Å². The second-order valence-electron chi connectivity index (χ2n) is 6.13. The molecule has 0 radical (unpaired) electrons. The smallest absolute Gasteiger partial charge is 0.138 e. The van der Waals surface area contributed by atoms with E-state index in [0.29, 0.717) is 0 Å². The Bertz CT molecular complexity index is 1100. The maximum atomic E-state index is 5.47. The molecular weight excluding hydrogens is 320 g/mol. The average Bonchev–Trinajstić information content (AvgIpc) is 3.11. The highest BCUT2D eigenvalue weighted by Crippen LogP contribution is 2.26. The van der Waals surface area contributed by atoms with Crippen molar-refractivity contribution in [2.24, 2.45) is 0 Å². The van der Waals surface area contributed by atoms with E-state index in [-0.39, 0.29) is 0 Å². The van der Waals surface area contributed by atoms with Gasteiger partial charge in [-0.05, 0) is 49.4 Å². The van der Waals surface area contributed by atoms with Crippen molar-refractivity contribution in [1.82, 2.24) is 9.97 Å². The van der Waals surface area contributed by atoms with Gasteiger partial charge in [-0.1, -0.05) is 41.7 Å². The van der Waals surface area contributed by atoms with Gasteiger partial charge in [-0.2, -0.15) is 0 Å². The van der Waals surface area contributed by atoms with Crippen LogP contribution < -0.4 is 4.74 Å². The number of nitrogens with one attached hydrogen (secondary N) is 1. The fourth-order valence-corrected chi connectivity index (χ4v) is 2.82. The highest BCUT2D eigenvalue weighted by atomic mass is 16.5. The van der Waals surface area contributed by atoms with Crippen LogP contribution in [0, 0.1) is 18.8 Å². The van der Waals surface area contributed by atoms with Crippen LogP contribution in [-0.2, 0) is 0 Å². The van der Waals surface area contributed by atoms with E-state index in [1.165, 1.54) is 5.56 Å². The zero-order valence-electron chi connectivity index (χ0n) is 14.7. The third-order valence-corrected chi connectivity index (χ3v) is 4.26. The maximum Gasteiger partial charge on any atom is 0.138 e. The van der Waals surface area contributed by atoms with Crippen LogP contribution in [0.4, 0.5) is 0 Å². The molecule has 0 aliphatic heterocycles. The summed E-state index contributed by atoms with van der Waals surface area (Å²) < 4.78 is 5.47. The molecule has 3 heteroatoms. The van der Waals surface area contributed by atoms with Crippen LogP contribution in [0.1, 0.15) is 16.7 Å². The lowest BCUT2D eigenvalue weighted by Gasteiger charge is -2.05. The van der Waals surface area contributed by atoms with Crippen molar-refractivity contribution >= 4 is 11.0 Å². The second kappa shape index (κ2) is 6.78. The SMILES string of the molecule is COc1ccc(-c2nc3ccccc3[nH]2)cc1C#Cc1ccc(C)cc1. The van der Waals surface area contributed by atoms with Crippen LogP contribution in [0.25, 0.3) is 22.4 Å². The number of hydrogen-bond acceptors (Lipinski definition) is 2. The number of H-pyrrole nitrogens is 1. The highest BCUT2D eigenvalue weighted by molar-refractivity contribution is 5.79. The molecule has 0 aliphatic rings. The molecule has 0 amide bonds. The molecule has 0 unspecified atom stereocenters. The van der Waals surface area contributed by atoms with Crippen molar-refractivity contribution in [2.75, 3.05) is 7.11 Å². The number of imidazole rings is 1. The average molecular weight is 338 g/mol. The van der Waals surface area contributed by atoms with Gasteiger partial charge in [-0.25, -0.2) is 4.98 Å². The topological polar surface area (TPSA) is 37.9 Å². The number of aromatic amines is 1. The Morgan fingerprint density at radius 2 is 1.73 bits per heavy atom. The van der Waals surface area contributed by atoms with Crippen LogP contribution >= 0.6 is 0 Å². The summed E-state index contributed by atoms with van der Waals surface area (Å²) in [4.78, 5) is 8.02. The van der Waals surface area contributed by atoms with E-state index in [9.17, 15) is 0 Å². The van der Waals surface area contributed by atoms with E-state index in [1.807, 2.05) is 54.6 Å². The first-order valence-electron chi connectivity index (χ1n) is 8.45. The lowest BCUT2D eigenvalue weighted by Crippen LogP contribution is -1.90. The molecule has 126 valence electrons. The number of nitrogens with zero attached hydrogens (tertiary/aromatic N) is 1. The number of para-hydroxylation sites is 2. The first kappa shape index (κ1) is 16.0. The van der Waals surface area contributed by atoms with Crippen LogP contribution in [-0.4, -0.2) is 17.1 Å². The van der Waals surface area contributed by atoms with Gasteiger partial charge in [0.1, 0.15) is 11.6 Å². The van der Waals surface area contributed by atoms with E-state index in [0.717, 1.165) is 39.3 Å². The predicted molar refractivity (Wildman–Crippen MR) is 105 cm³/mol. The Morgan fingerprint density at radius 1 is 0.923 bits per heavy atom. The van der Waals surface area contributed by atoms with Crippen LogP contribution in [0.15, 0.2) is 66.7 Å². The summed E-state index contributed by atoms with van der Waals surface area (Å²) in [6.07, 6.45) is 0. The maximum absolute atomic E-state index is 5.47. The summed E-state index contributed by atoms with van der Waals surface area (Å²) >= 11 is 0. The molecule has 0 spiro atoms. The monoisotopic (exact) mass is 338 g/mol. The predicted octanol–water partition coefficient (Wildman–Crippen LogP) is 4.95. The molecule has 4 rings (SSSR count). The second-order valence-corrected chi connectivity index (χ2v) is 6.13. The van der Waals surface area contributed by atoms with Gasteiger partial charge in [0.05, 0.1) is 23.7 Å². The van der Waals surface area contributed by atoms with Gasteiger partial charge in [0.25, 0.3) is 0 Å². The first-order chi connectivity index (χ1) is 12.7. The van der Waals surface area contributed by atoms with Crippen molar-refractivity contribution in [2.45, 2.75) is 6.92 Å². The minimum Gasteiger partial charge on any atom is -0.495 e. The standard InChI is InChI=1S/C23H18N2O/c1-16-7-9-17(10-8-16)11-12-18-15-19(13-14-22(18)26-2)23-24-20-5-3-4-6-21(20)25-23/h3-10,13-15H,1-2H3,(H,24,25). The fraction of sp³-hybridized carbons (Fsp3) is 0.0870. The summed E-state index contributed by atoms with van der Waals surface area (Å²) in [6.45, 7) is 2.07. The van der Waals surface area contributed by atoms with E-state index in [4.69, 9.17) is 4.74 Å². The lowest BCUT2D eigenvalue weighted by atomic mass is 10.1. The molecule has 0 bridgehead atoms. The molecule has 0 aliphatic carbocycles. The third kappa shape index (κ3) is 3.18. The number of benzene rings is 3. The summed E-state index contributed by atoms with van der Waals surface area (Å²) in [6, 6.07) is 22.1. The lowest BCUT2D eigenvalue weighted by molar-refractivity contribution is 0.413. The number of aromatic nitrogens is 2. The Morgan fingerprint density at radius 3 is 2.50 bits per heavy atom. The van der Waals surface area contributed by atoms with Crippen LogP contribution in [0.2, 0.25) is 0 Å². The number of hydrogen-bond donors (Lipinski definition) is 1. The number of aryl methyl sites for hydroxylation is 1. The quantitative estimate of drug-likeness (QED) is 0.525. The number of ether oxygens (including phenoxy) is 1. The summed E-state index contributed by atoms with van der Waals surface area (Å²) in [5.74, 6) is 8.02. The normalized spacial score (nSPS) is 10.4. The fourth-order valence-electron chi connectivity index (χ4n) is 2.82. The molecule has 3 aromatic carbocycles. The van der Waals surface area contributed by atoms with E-state index < -0.39 is 0 Å². The minimum atomic E-state index is 0.754. The number of fused-ring (bicyclic) bond motifs is 1. The molecule has 4 aromatic rings. The van der Waals surface area contributed by atoms with Crippen LogP contribution in [0.3, 0.4) is 0 Å². The molecular formula is C23H18N2O. The zero-order valence-corrected chi connectivity index (χ0v) is 14.7. The van der Waals surface area contributed by atoms with E-state index >= 15 is 0 Å². The Kier molecular flexibility index (Phi) is 4.17. The molecule has 26 heavy (non-hydrogen) atoms. The van der Waals surface area contributed by atoms with Gasteiger partial charge >= 0.3 is 0 Å². The number of methoxy groups -OCH3 is 1. The Balaban J connectivity index is 1.75. The molecule has 0 saturated carbocycles. The van der Waals surface area contributed by atoms with Crippen molar-refractivity contribution in [3.63, 3.8) is 0 Å². The highest BCUT2D eigenvalue weighted by Gasteiger charge is 2.08. The summed E-state index contributed by atoms with van der Waals surface area (Å²) in [5.41, 5.74) is 5.99. The van der Waals surface area contributed by atoms with Crippen molar-refractivity contribution < 1.29 is 4.74 Å². The van der Waals surface area contributed by atoms with Crippen molar-refractivity contribution in [3.05, 3.63) is 83.4 Å². The third-order valence-electron chi connectivity index (χ3n) is 4.26. The molecule has 0 atom stereocenters. The minimum absolute atomic E-state index is 0.754. The molecule has 3 nitrogen and oxygen atoms in total. The summed E-state index contributed by atoms with van der Waals surface area (Å²) in [5, 5.41) is 0. The van der Waals surface area contributed by atoms with Gasteiger partial charge < -0.3 is 9.72 Å². The zero-order chi connectivity index (χ0) is 17.9. The number of rotatable bonds is 2. The molecule has 0 fully saturated rings. The molecule has 1 heterocycles. The Hall–Kier alpha value is -3.51. The van der Waals surface area contributed by atoms with Gasteiger partial charge in [0.2, 0.25) is 0 Å². The Labute approximate surface area is 152 Å². The largest absolute Gasteiger partial charge is 0.495 e. The van der Waals surface area contributed by atoms with Crippen molar-refractivity contribution in [3.8, 4) is 29.0 Å². The van der Waals surface area contributed by atoms with E-state index in [2.05, 4.69) is 40.9 Å². The van der Waals surface area contributed by atoms with Crippen LogP contribution in [0.5, 0.6) is 5.75 Å².